The fraction of sp³-hybridized carbons (Fsp3) is 0.417. The van der Waals surface area contributed by atoms with E-state index in [1.165, 1.54) is 25.3 Å². The summed E-state index contributed by atoms with van der Waals surface area (Å²) in [6.07, 6.45) is 1.48. The normalized spacial score (nSPS) is 13.2. The van der Waals surface area contributed by atoms with Crippen molar-refractivity contribution in [2.45, 2.75) is 18.7 Å². The third-order valence-corrected chi connectivity index (χ3v) is 5.19. The highest BCUT2D eigenvalue weighted by atomic mass is 32.2. The fourth-order valence-electron chi connectivity index (χ4n) is 1.85. The molecule has 20 heavy (non-hydrogen) atoms. The van der Waals surface area contributed by atoms with Gasteiger partial charge in [0.1, 0.15) is 0 Å². The van der Waals surface area contributed by atoms with Crippen LogP contribution in [0.25, 0.3) is 0 Å². The lowest BCUT2D eigenvalue weighted by molar-refractivity contribution is 0.0695. The van der Waals surface area contributed by atoms with Crippen molar-refractivity contribution in [2.24, 2.45) is 0 Å². The molecule has 0 amide bonds. The molecule has 0 saturated carbocycles. The minimum Gasteiger partial charge on any atom is -0.478 e. The topological polar surface area (TPSA) is 101 Å². The molecule has 0 aliphatic carbocycles. The van der Waals surface area contributed by atoms with Gasteiger partial charge >= 0.3 is 5.97 Å². The molecule has 0 aromatic heterocycles. The summed E-state index contributed by atoms with van der Waals surface area (Å²) < 4.78 is 37.5. The first-order chi connectivity index (χ1) is 9.16. The van der Waals surface area contributed by atoms with E-state index in [0.29, 0.717) is 5.56 Å². The van der Waals surface area contributed by atoms with E-state index in [1.807, 2.05) is 0 Å². The molecule has 1 atom stereocenters. The summed E-state index contributed by atoms with van der Waals surface area (Å²) in [5, 5.41) is 9.13. The number of rotatable bonds is 6. The number of hydrogen-bond donors (Lipinski definition) is 2. The van der Waals surface area contributed by atoms with Crippen molar-refractivity contribution in [3.05, 3.63) is 28.8 Å². The Morgan fingerprint density at radius 3 is 2.45 bits per heavy atom. The molecular weight excluding hydrogens is 302 g/mol. The first-order valence-electron chi connectivity index (χ1n) is 5.80. The zero-order valence-electron chi connectivity index (χ0n) is 11.5. The zero-order chi connectivity index (χ0) is 15.5. The molecule has 0 spiro atoms. The van der Waals surface area contributed by atoms with Crippen LogP contribution in [-0.4, -0.2) is 42.3 Å². The van der Waals surface area contributed by atoms with E-state index in [-0.39, 0.29) is 28.3 Å². The van der Waals surface area contributed by atoms with Crippen molar-refractivity contribution in [1.82, 2.24) is 4.72 Å². The van der Waals surface area contributed by atoms with Crippen molar-refractivity contribution in [2.75, 3.05) is 18.6 Å². The van der Waals surface area contributed by atoms with Gasteiger partial charge in [-0.15, -0.1) is 0 Å². The quantitative estimate of drug-likeness (QED) is 0.802. The first kappa shape index (κ1) is 16.8. The molecule has 1 aromatic carbocycles. The second-order valence-electron chi connectivity index (χ2n) is 4.36. The fourth-order valence-corrected chi connectivity index (χ4v) is 3.64. The predicted octanol–water partition coefficient (Wildman–Crippen LogP) is 0.658. The first-order valence-corrected chi connectivity index (χ1v) is 9.01. The minimum absolute atomic E-state index is 0.00746. The summed E-state index contributed by atoms with van der Waals surface area (Å²) in [6, 6.07) is 2.84. The number of carboxylic acids is 1. The SMILES string of the molecule is Cc1ccc(S(=O)(=O)NCCS(C)=O)c(C)c1C(=O)O. The van der Waals surface area contributed by atoms with E-state index in [1.54, 1.807) is 6.92 Å². The molecule has 1 unspecified atom stereocenters. The minimum atomic E-state index is -3.81. The van der Waals surface area contributed by atoms with Crippen LogP contribution in [0.15, 0.2) is 17.0 Å². The number of hydrogen-bond acceptors (Lipinski definition) is 4. The van der Waals surface area contributed by atoms with Gasteiger partial charge in [0.2, 0.25) is 10.0 Å². The van der Waals surface area contributed by atoms with Gasteiger partial charge in [-0.3, -0.25) is 4.21 Å². The number of carbonyl (C=O) groups is 1. The average Bonchev–Trinajstić information content (AvgIpc) is 2.26. The zero-order valence-corrected chi connectivity index (χ0v) is 13.1. The Morgan fingerprint density at radius 1 is 1.35 bits per heavy atom. The second-order valence-corrected chi connectivity index (χ2v) is 7.65. The van der Waals surface area contributed by atoms with Crippen molar-refractivity contribution in [3.8, 4) is 0 Å². The van der Waals surface area contributed by atoms with E-state index < -0.39 is 26.8 Å². The Balaban J connectivity index is 3.16. The maximum absolute atomic E-state index is 12.1. The highest BCUT2D eigenvalue weighted by Gasteiger charge is 2.22. The van der Waals surface area contributed by atoms with E-state index in [0.717, 1.165) is 0 Å². The van der Waals surface area contributed by atoms with Gasteiger partial charge in [0, 0.05) is 29.4 Å². The average molecular weight is 319 g/mol. The lowest BCUT2D eigenvalue weighted by Gasteiger charge is -2.12. The third-order valence-electron chi connectivity index (χ3n) is 2.81. The summed E-state index contributed by atoms with van der Waals surface area (Å²) >= 11 is 0. The lowest BCUT2D eigenvalue weighted by atomic mass is 10.0. The van der Waals surface area contributed by atoms with Crippen molar-refractivity contribution >= 4 is 26.8 Å². The van der Waals surface area contributed by atoms with Crippen molar-refractivity contribution < 1.29 is 22.5 Å². The van der Waals surface area contributed by atoms with Crippen LogP contribution in [0.2, 0.25) is 0 Å². The predicted molar refractivity (Wildman–Crippen MR) is 77.0 cm³/mol. The van der Waals surface area contributed by atoms with Crippen LogP contribution in [0.1, 0.15) is 21.5 Å². The molecule has 6 nitrogen and oxygen atoms in total. The van der Waals surface area contributed by atoms with E-state index in [9.17, 15) is 17.4 Å². The molecule has 2 N–H and O–H groups in total. The number of aromatic carboxylic acids is 1. The molecule has 0 aliphatic heterocycles. The Kier molecular flexibility index (Phi) is 5.43. The maximum Gasteiger partial charge on any atom is 0.336 e. The van der Waals surface area contributed by atoms with Gasteiger partial charge in [-0.1, -0.05) is 6.07 Å². The molecule has 0 radical (unpaired) electrons. The monoisotopic (exact) mass is 319 g/mol. The lowest BCUT2D eigenvalue weighted by Crippen LogP contribution is -2.28. The summed E-state index contributed by atoms with van der Waals surface area (Å²) in [5.41, 5.74) is 0.693. The molecule has 0 fully saturated rings. The number of benzene rings is 1. The summed E-state index contributed by atoms with van der Waals surface area (Å²) in [6.45, 7) is 3.12. The Labute approximate surface area is 120 Å². The molecule has 8 heteroatoms. The Bertz CT molecular complexity index is 652. The molecule has 0 saturated heterocycles. The highest BCUT2D eigenvalue weighted by Crippen LogP contribution is 2.22. The van der Waals surface area contributed by atoms with Crippen LogP contribution >= 0.6 is 0 Å². The standard InChI is InChI=1S/C12H17NO5S2/c1-8-4-5-10(9(2)11(8)12(14)15)20(17,18)13-6-7-19(3)16/h4-5,13H,6-7H2,1-3H3,(H,14,15). The van der Waals surface area contributed by atoms with Gasteiger partial charge in [0.25, 0.3) is 0 Å². The van der Waals surface area contributed by atoms with Gasteiger partial charge in [-0.25, -0.2) is 17.9 Å². The molecule has 0 heterocycles. The smallest absolute Gasteiger partial charge is 0.336 e. The Hall–Kier alpha value is -1.25. The van der Waals surface area contributed by atoms with Crippen molar-refractivity contribution in [1.29, 1.82) is 0 Å². The molecule has 0 bridgehead atoms. The van der Waals surface area contributed by atoms with Gasteiger partial charge in [0.15, 0.2) is 0 Å². The molecule has 112 valence electrons. The van der Waals surface area contributed by atoms with Crippen LogP contribution in [0.4, 0.5) is 0 Å². The van der Waals surface area contributed by atoms with Gasteiger partial charge in [-0.05, 0) is 31.0 Å². The van der Waals surface area contributed by atoms with Crippen molar-refractivity contribution in [3.63, 3.8) is 0 Å². The van der Waals surface area contributed by atoms with Crippen LogP contribution < -0.4 is 4.72 Å². The highest BCUT2D eigenvalue weighted by molar-refractivity contribution is 7.89. The number of carboxylic acid groups (broad SMARTS) is 1. The van der Waals surface area contributed by atoms with Crippen LogP contribution in [0.5, 0.6) is 0 Å². The second kappa shape index (κ2) is 6.47. The number of nitrogens with one attached hydrogen (secondary N) is 1. The molecule has 0 aliphatic rings. The summed E-state index contributed by atoms with van der Waals surface area (Å²) in [7, 11) is -4.91. The van der Waals surface area contributed by atoms with E-state index in [2.05, 4.69) is 4.72 Å². The molecule has 1 rings (SSSR count). The van der Waals surface area contributed by atoms with Crippen LogP contribution in [-0.2, 0) is 20.8 Å². The van der Waals surface area contributed by atoms with Gasteiger partial charge in [0.05, 0.1) is 10.5 Å². The van der Waals surface area contributed by atoms with Crippen LogP contribution in [0, 0.1) is 13.8 Å². The largest absolute Gasteiger partial charge is 0.478 e. The maximum atomic E-state index is 12.1. The van der Waals surface area contributed by atoms with E-state index >= 15 is 0 Å². The van der Waals surface area contributed by atoms with Gasteiger partial charge in [-0.2, -0.15) is 0 Å². The van der Waals surface area contributed by atoms with E-state index in [4.69, 9.17) is 5.11 Å². The van der Waals surface area contributed by atoms with Crippen LogP contribution in [0.3, 0.4) is 0 Å². The summed E-state index contributed by atoms with van der Waals surface area (Å²) in [5.74, 6) is -0.956. The third kappa shape index (κ3) is 3.87. The summed E-state index contributed by atoms with van der Waals surface area (Å²) in [4.78, 5) is 11.1. The van der Waals surface area contributed by atoms with Gasteiger partial charge < -0.3 is 5.11 Å². The molecule has 1 aromatic rings. The Morgan fingerprint density at radius 2 is 1.95 bits per heavy atom. The number of sulfonamides is 1. The molecular formula is C12H17NO5S2. The number of aryl methyl sites for hydroxylation is 1.